The van der Waals surface area contributed by atoms with Crippen LogP contribution in [0.15, 0.2) is 25.3 Å². The van der Waals surface area contributed by atoms with Gasteiger partial charge < -0.3 is 24.4 Å². The van der Waals surface area contributed by atoms with Crippen LogP contribution in [0.5, 0.6) is 0 Å². The monoisotopic (exact) mass is 488 g/mol. The Morgan fingerprint density at radius 1 is 1.23 bits per heavy atom. The first kappa shape index (κ1) is 25.9. The molecule has 0 aromatic heterocycles. The third-order valence-corrected chi connectivity index (χ3v) is 8.70. The molecule has 4 aliphatic rings. The van der Waals surface area contributed by atoms with Crippen molar-refractivity contribution in [2.24, 2.45) is 11.8 Å². The van der Waals surface area contributed by atoms with Crippen LogP contribution in [0.4, 0.5) is 0 Å². The number of hydrogen-bond acceptors (Lipinski definition) is 6. The Hall–Kier alpha value is -2.19. The van der Waals surface area contributed by atoms with Crippen molar-refractivity contribution in [2.45, 2.75) is 88.0 Å². The Bertz CT molecular complexity index is 855. The molecule has 194 valence electrons. The number of amides is 2. The minimum Gasteiger partial charge on any atom is -0.465 e. The zero-order valence-electron chi connectivity index (χ0n) is 21.0. The number of carbonyl (C=O) groups is 3. The number of carbonyl (C=O) groups excluding carboxylic acids is 3. The van der Waals surface area contributed by atoms with E-state index in [9.17, 15) is 19.5 Å². The largest absolute Gasteiger partial charge is 0.465 e. The summed E-state index contributed by atoms with van der Waals surface area (Å²) >= 11 is 0. The molecule has 35 heavy (non-hydrogen) atoms. The van der Waals surface area contributed by atoms with E-state index in [1.54, 1.807) is 12.2 Å². The normalized spacial score (nSPS) is 34.1. The highest BCUT2D eigenvalue weighted by Crippen LogP contribution is 2.64. The molecular weight excluding hydrogens is 448 g/mol. The van der Waals surface area contributed by atoms with Gasteiger partial charge in [0.15, 0.2) is 0 Å². The van der Waals surface area contributed by atoms with Crippen molar-refractivity contribution in [3.8, 4) is 0 Å². The molecule has 3 heterocycles. The number of ether oxygens (including phenoxy) is 2. The number of esters is 1. The third kappa shape index (κ3) is 4.12. The average Bonchev–Trinajstić information content (AvgIpc) is 3.47. The van der Waals surface area contributed by atoms with Crippen LogP contribution in [-0.2, 0) is 23.9 Å². The Kier molecular flexibility index (Phi) is 7.71. The Morgan fingerprint density at radius 2 is 1.97 bits per heavy atom. The van der Waals surface area contributed by atoms with Gasteiger partial charge in [0, 0.05) is 19.1 Å². The van der Waals surface area contributed by atoms with Crippen LogP contribution in [0.1, 0.15) is 64.7 Å². The summed E-state index contributed by atoms with van der Waals surface area (Å²) in [6, 6.07) is -0.775. The highest BCUT2D eigenvalue weighted by molar-refractivity contribution is 5.98. The van der Waals surface area contributed by atoms with Gasteiger partial charge in [-0.05, 0) is 38.5 Å². The molecule has 0 radical (unpaired) electrons. The zero-order chi connectivity index (χ0) is 25.2. The molecular formula is C27H40N2O6. The lowest BCUT2D eigenvalue weighted by Gasteiger charge is -2.40. The smallest absolute Gasteiger partial charge is 0.312 e. The maximum Gasteiger partial charge on any atom is 0.312 e. The molecule has 2 unspecified atom stereocenters. The molecule has 1 saturated carbocycles. The highest BCUT2D eigenvalue weighted by Gasteiger charge is 2.79. The SMILES string of the molecule is C=CCCOC(=O)[C@@H]1[C@H]2C(=O)N(CCO)C(C(=O)N(CC=C)C3CCCCC3)C23CC[C@@]1(CC)O3. The predicted molar refractivity (Wildman–Crippen MR) is 130 cm³/mol. The molecule has 0 aromatic carbocycles. The Morgan fingerprint density at radius 3 is 2.60 bits per heavy atom. The van der Waals surface area contributed by atoms with Crippen LogP contribution in [-0.4, -0.2) is 82.3 Å². The molecule has 1 aliphatic carbocycles. The zero-order valence-corrected chi connectivity index (χ0v) is 21.0. The fourth-order valence-electron chi connectivity index (χ4n) is 7.14. The maximum absolute atomic E-state index is 14.3. The number of aliphatic hydroxyl groups is 1. The first-order valence-corrected chi connectivity index (χ1v) is 13.2. The van der Waals surface area contributed by atoms with E-state index < -0.39 is 35.0 Å². The number of fused-ring (bicyclic) bond motifs is 1. The summed E-state index contributed by atoms with van der Waals surface area (Å²) in [6.07, 6.45) is 10.8. The van der Waals surface area contributed by atoms with E-state index in [1.165, 1.54) is 4.90 Å². The summed E-state index contributed by atoms with van der Waals surface area (Å²) in [5, 5.41) is 9.80. The quantitative estimate of drug-likeness (QED) is 0.273. The van der Waals surface area contributed by atoms with Crippen molar-refractivity contribution in [3.05, 3.63) is 25.3 Å². The van der Waals surface area contributed by atoms with Gasteiger partial charge in [-0.15, -0.1) is 13.2 Å². The molecule has 5 atom stereocenters. The first-order chi connectivity index (χ1) is 16.9. The summed E-state index contributed by atoms with van der Waals surface area (Å²) in [5.41, 5.74) is -1.90. The molecule has 1 spiro atoms. The highest BCUT2D eigenvalue weighted by atomic mass is 16.6. The van der Waals surface area contributed by atoms with E-state index in [0.717, 1.165) is 32.1 Å². The predicted octanol–water partition coefficient (Wildman–Crippen LogP) is 2.60. The molecule has 3 aliphatic heterocycles. The van der Waals surface area contributed by atoms with Crippen LogP contribution in [0.2, 0.25) is 0 Å². The van der Waals surface area contributed by atoms with E-state index in [-0.39, 0.29) is 37.6 Å². The summed E-state index contributed by atoms with van der Waals surface area (Å²) in [5.74, 6) is -2.44. The number of hydrogen-bond donors (Lipinski definition) is 1. The van der Waals surface area contributed by atoms with E-state index in [2.05, 4.69) is 13.2 Å². The lowest BCUT2D eigenvalue weighted by atomic mass is 9.65. The van der Waals surface area contributed by atoms with Crippen molar-refractivity contribution in [3.63, 3.8) is 0 Å². The fraction of sp³-hybridized carbons (Fsp3) is 0.741. The molecule has 3 saturated heterocycles. The van der Waals surface area contributed by atoms with Crippen LogP contribution in [0, 0.1) is 11.8 Å². The average molecular weight is 489 g/mol. The van der Waals surface area contributed by atoms with Gasteiger partial charge in [-0.25, -0.2) is 0 Å². The molecule has 2 amide bonds. The topological polar surface area (TPSA) is 96.4 Å². The van der Waals surface area contributed by atoms with Crippen molar-refractivity contribution in [2.75, 3.05) is 26.3 Å². The van der Waals surface area contributed by atoms with Gasteiger partial charge in [-0.3, -0.25) is 14.4 Å². The first-order valence-electron chi connectivity index (χ1n) is 13.2. The number of rotatable bonds is 11. The standard InChI is InChI=1S/C27H40N2O6/c1-4-7-18-34-25(33)21-20-23(31)29(16-17-30)22(27(20)14-13-26(21,6-3)35-27)24(32)28(15-5-2)19-11-9-8-10-12-19/h4-5,19-22,30H,1-2,6-18H2,3H3/t20-,21-,22?,26+,27?/m0/s1. The van der Waals surface area contributed by atoms with Gasteiger partial charge in [0.05, 0.1) is 24.7 Å². The van der Waals surface area contributed by atoms with Crippen molar-refractivity contribution < 1.29 is 29.0 Å². The summed E-state index contributed by atoms with van der Waals surface area (Å²) in [4.78, 5) is 44.8. The molecule has 2 bridgehead atoms. The Labute approximate surface area is 208 Å². The molecule has 4 rings (SSSR count). The minimum atomic E-state index is -1.09. The van der Waals surface area contributed by atoms with E-state index >= 15 is 0 Å². The number of aliphatic hydroxyl groups excluding tert-OH is 1. The van der Waals surface area contributed by atoms with Crippen LogP contribution >= 0.6 is 0 Å². The second kappa shape index (κ2) is 10.4. The van der Waals surface area contributed by atoms with E-state index in [1.807, 2.05) is 11.8 Å². The van der Waals surface area contributed by atoms with Crippen LogP contribution in [0.3, 0.4) is 0 Å². The van der Waals surface area contributed by atoms with Gasteiger partial charge >= 0.3 is 5.97 Å². The van der Waals surface area contributed by atoms with Crippen molar-refractivity contribution >= 4 is 17.8 Å². The van der Waals surface area contributed by atoms with Crippen molar-refractivity contribution in [1.82, 2.24) is 9.80 Å². The summed E-state index contributed by atoms with van der Waals surface area (Å²) < 4.78 is 12.3. The van der Waals surface area contributed by atoms with E-state index in [0.29, 0.717) is 32.2 Å². The van der Waals surface area contributed by atoms with Gasteiger partial charge in [0.25, 0.3) is 0 Å². The minimum absolute atomic E-state index is 0.0286. The molecule has 1 N–H and O–H groups in total. The molecule has 8 nitrogen and oxygen atoms in total. The van der Waals surface area contributed by atoms with Crippen LogP contribution in [0.25, 0.3) is 0 Å². The molecule has 8 heteroatoms. The number of nitrogens with zero attached hydrogens (tertiary/aromatic N) is 2. The van der Waals surface area contributed by atoms with Gasteiger partial charge in [-0.2, -0.15) is 0 Å². The number of β-amino-alcohol motifs (C(OH)–C–C–N with tert-alkyl or cyclic N) is 1. The van der Waals surface area contributed by atoms with E-state index in [4.69, 9.17) is 9.47 Å². The fourth-order valence-corrected chi connectivity index (χ4v) is 7.14. The number of likely N-dealkylation sites (tertiary alicyclic amines) is 1. The third-order valence-electron chi connectivity index (χ3n) is 8.70. The summed E-state index contributed by atoms with van der Waals surface area (Å²) in [6.45, 7) is 9.85. The van der Waals surface area contributed by atoms with Gasteiger partial charge in [0.1, 0.15) is 17.6 Å². The lowest BCUT2D eigenvalue weighted by molar-refractivity contribution is -0.162. The maximum atomic E-state index is 14.3. The molecule has 4 fully saturated rings. The van der Waals surface area contributed by atoms with Gasteiger partial charge in [-0.1, -0.05) is 38.3 Å². The second-order valence-corrected chi connectivity index (χ2v) is 10.4. The van der Waals surface area contributed by atoms with Crippen molar-refractivity contribution in [1.29, 1.82) is 0 Å². The second-order valence-electron chi connectivity index (χ2n) is 10.4. The molecule has 0 aromatic rings. The van der Waals surface area contributed by atoms with Crippen LogP contribution < -0.4 is 0 Å². The van der Waals surface area contributed by atoms with Gasteiger partial charge in [0.2, 0.25) is 11.8 Å². The lowest BCUT2D eigenvalue weighted by Crippen LogP contribution is -2.58. The summed E-state index contributed by atoms with van der Waals surface area (Å²) in [7, 11) is 0. The Balaban J connectivity index is 1.72.